The molecule has 2 unspecified atom stereocenters. The summed E-state index contributed by atoms with van der Waals surface area (Å²) < 4.78 is 1.89. The second kappa shape index (κ2) is 6.10. The highest BCUT2D eigenvalue weighted by Crippen LogP contribution is 2.17. The van der Waals surface area contributed by atoms with Gasteiger partial charge in [-0.3, -0.25) is 4.79 Å². The van der Waals surface area contributed by atoms with E-state index in [1.807, 2.05) is 55.8 Å². The lowest BCUT2D eigenvalue weighted by atomic mass is 10.1. The molecular weight excluding hydrogens is 266 g/mol. The quantitative estimate of drug-likeness (QED) is 0.904. The Balaban J connectivity index is 2.15. The molecule has 0 aliphatic rings. The first-order chi connectivity index (χ1) is 9.88. The van der Waals surface area contributed by atoms with E-state index in [2.05, 4.69) is 10.4 Å². The minimum atomic E-state index is -0.999. The lowest BCUT2D eigenvalue weighted by Crippen LogP contribution is -2.34. The van der Waals surface area contributed by atoms with Crippen molar-refractivity contribution in [3.63, 3.8) is 0 Å². The number of aromatic nitrogens is 2. The molecule has 21 heavy (non-hydrogen) atoms. The third kappa shape index (κ3) is 3.49. The van der Waals surface area contributed by atoms with Gasteiger partial charge in [0.2, 0.25) is 5.91 Å². The van der Waals surface area contributed by atoms with E-state index in [1.165, 1.54) is 6.92 Å². The zero-order chi connectivity index (χ0) is 15.6. The van der Waals surface area contributed by atoms with E-state index in [0.29, 0.717) is 0 Å². The lowest BCUT2D eigenvalue weighted by molar-refractivity contribution is -0.129. The number of carbonyl (C=O) groups is 1. The standard InChI is InChI=1S/C16H21N3O2/c1-10-9-11(2)19(18-10)15-7-5-14(6-8-15)12(3)17-16(21)13(4)20/h5-9,12-13,20H,1-4H3,(H,17,21). The number of hydrogen-bond donors (Lipinski definition) is 2. The second-order valence-corrected chi connectivity index (χ2v) is 5.34. The van der Waals surface area contributed by atoms with Crippen molar-refractivity contribution in [1.82, 2.24) is 15.1 Å². The van der Waals surface area contributed by atoms with Gasteiger partial charge in [-0.2, -0.15) is 5.10 Å². The summed E-state index contributed by atoms with van der Waals surface area (Å²) in [6.45, 7) is 7.32. The predicted molar refractivity (Wildman–Crippen MR) is 81.3 cm³/mol. The van der Waals surface area contributed by atoms with Crippen LogP contribution in [0.25, 0.3) is 5.69 Å². The van der Waals surface area contributed by atoms with Gasteiger partial charge in [0.05, 0.1) is 17.4 Å². The van der Waals surface area contributed by atoms with Crippen molar-refractivity contribution >= 4 is 5.91 Å². The molecule has 0 aliphatic heterocycles. The Labute approximate surface area is 124 Å². The van der Waals surface area contributed by atoms with Crippen LogP contribution < -0.4 is 5.32 Å². The van der Waals surface area contributed by atoms with E-state index >= 15 is 0 Å². The minimum Gasteiger partial charge on any atom is -0.384 e. The van der Waals surface area contributed by atoms with Gasteiger partial charge < -0.3 is 10.4 Å². The van der Waals surface area contributed by atoms with Crippen LogP contribution in [0.1, 0.15) is 36.8 Å². The van der Waals surface area contributed by atoms with Crippen LogP contribution in [0.2, 0.25) is 0 Å². The van der Waals surface area contributed by atoms with Gasteiger partial charge in [-0.25, -0.2) is 4.68 Å². The van der Waals surface area contributed by atoms with Crippen molar-refractivity contribution in [2.45, 2.75) is 39.8 Å². The third-order valence-electron chi connectivity index (χ3n) is 3.39. The number of amides is 1. The molecule has 2 N–H and O–H groups in total. The summed E-state index contributed by atoms with van der Waals surface area (Å²) in [6, 6.07) is 9.73. The van der Waals surface area contributed by atoms with Gasteiger partial charge in [0.25, 0.3) is 0 Å². The maximum Gasteiger partial charge on any atom is 0.249 e. The van der Waals surface area contributed by atoms with Crippen molar-refractivity contribution in [2.75, 3.05) is 0 Å². The molecule has 0 saturated heterocycles. The SMILES string of the molecule is Cc1cc(C)n(-c2ccc(C(C)NC(=O)C(C)O)cc2)n1. The Morgan fingerprint density at radius 1 is 1.24 bits per heavy atom. The molecule has 2 rings (SSSR count). The van der Waals surface area contributed by atoms with Crippen molar-refractivity contribution in [3.8, 4) is 5.69 Å². The molecule has 2 atom stereocenters. The number of hydrogen-bond acceptors (Lipinski definition) is 3. The summed E-state index contributed by atoms with van der Waals surface area (Å²) in [4.78, 5) is 11.5. The maximum atomic E-state index is 11.5. The number of carbonyl (C=O) groups excluding carboxylic acids is 1. The molecule has 0 radical (unpaired) electrons. The van der Waals surface area contributed by atoms with E-state index in [1.54, 1.807) is 0 Å². The topological polar surface area (TPSA) is 67.2 Å². The highest BCUT2D eigenvalue weighted by atomic mass is 16.3. The molecule has 0 aliphatic carbocycles. The van der Waals surface area contributed by atoms with Gasteiger partial charge in [-0.05, 0) is 51.5 Å². The number of aliphatic hydroxyl groups is 1. The number of nitrogens with one attached hydrogen (secondary N) is 1. The van der Waals surface area contributed by atoms with Gasteiger partial charge in [-0.1, -0.05) is 12.1 Å². The Morgan fingerprint density at radius 3 is 2.33 bits per heavy atom. The predicted octanol–water partition coefficient (Wildman–Crippen LogP) is 2.05. The van der Waals surface area contributed by atoms with Gasteiger partial charge in [0, 0.05) is 5.69 Å². The molecule has 5 heteroatoms. The van der Waals surface area contributed by atoms with Crippen LogP contribution in [0.15, 0.2) is 30.3 Å². The smallest absolute Gasteiger partial charge is 0.249 e. The molecule has 1 amide bonds. The first kappa shape index (κ1) is 15.3. The monoisotopic (exact) mass is 287 g/mol. The Hall–Kier alpha value is -2.14. The highest BCUT2D eigenvalue weighted by Gasteiger charge is 2.13. The number of aliphatic hydroxyl groups excluding tert-OH is 1. The zero-order valence-electron chi connectivity index (χ0n) is 12.8. The van der Waals surface area contributed by atoms with Crippen molar-refractivity contribution in [2.24, 2.45) is 0 Å². The van der Waals surface area contributed by atoms with Crippen molar-refractivity contribution < 1.29 is 9.90 Å². The molecule has 1 heterocycles. The Kier molecular flexibility index (Phi) is 4.43. The fourth-order valence-corrected chi connectivity index (χ4v) is 2.21. The summed E-state index contributed by atoms with van der Waals surface area (Å²) in [5.41, 5.74) is 4.03. The number of benzene rings is 1. The molecule has 1 aromatic carbocycles. The van der Waals surface area contributed by atoms with Crippen LogP contribution in [-0.4, -0.2) is 26.9 Å². The molecule has 5 nitrogen and oxygen atoms in total. The fraction of sp³-hybridized carbons (Fsp3) is 0.375. The maximum absolute atomic E-state index is 11.5. The normalized spacial score (nSPS) is 13.8. The summed E-state index contributed by atoms with van der Waals surface area (Å²) in [6.07, 6.45) is -0.999. The van der Waals surface area contributed by atoms with Gasteiger partial charge in [-0.15, -0.1) is 0 Å². The Morgan fingerprint density at radius 2 is 1.86 bits per heavy atom. The fourth-order valence-electron chi connectivity index (χ4n) is 2.21. The number of nitrogens with zero attached hydrogens (tertiary/aromatic N) is 2. The lowest BCUT2D eigenvalue weighted by Gasteiger charge is -2.16. The van der Waals surface area contributed by atoms with Gasteiger partial charge in [0.15, 0.2) is 0 Å². The van der Waals surface area contributed by atoms with E-state index in [-0.39, 0.29) is 11.9 Å². The van der Waals surface area contributed by atoms with Gasteiger partial charge >= 0.3 is 0 Å². The zero-order valence-corrected chi connectivity index (χ0v) is 12.8. The molecule has 0 bridgehead atoms. The van der Waals surface area contributed by atoms with Crippen LogP contribution in [0.4, 0.5) is 0 Å². The molecule has 112 valence electrons. The Bertz CT molecular complexity index is 629. The molecule has 0 saturated carbocycles. The summed E-state index contributed by atoms with van der Waals surface area (Å²) >= 11 is 0. The second-order valence-electron chi connectivity index (χ2n) is 5.34. The molecule has 1 aromatic heterocycles. The number of aryl methyl sites for hydroxylation is 2. The molecule has 0 fully saturated rings. The van der Waals surface area contributed by atoms with Crippen LogP contribution >= 0.6 is 0 Å². The largest absolute Gasteiger partial charge is 0.384 e. The summed E-state index contributed by atoms with van der Waals surface area (Å²) in [5.74, 6) is -0.370. The van der Waals surface area contributed by atoms with Crippen molar-refractivity contribution in [3.05, 3.63) is 47.3 Å². The van der Waals surface area contributed by atoms with Crippen LogP contribution in [-0.2, 0) is 4.79 Å². The molecule has 2 aromatic rings. The average Bonchev–Trinajstić information content (AvgIpc) is 2.77. The van der Waals surface area contributed by atoms with E-state index in [4.69, 9.17) is 0 Å². The van der Waals surface area contributed by atoms with Crippen LogP contribution in [0, 0.1) is 13.8 Å². The third-order valence-corrected chi connectivity index (χ3v) is 3.39. The first-order valence-corrected chi connectivity index (χ1v) is 7.00. The van der Waals surface area contributed by atoms with Crippen LogP contribution in [0.5, 0.6) is 0 Å². The first-order valence-electron chi connectivity index (χ1n) is 7.00. The van der Waals surface area contributed by atoms with E-state index < -0.39 is 6.10 Å². The van der Waals surface area contributed by atoms with Gasteiger partial charge in [0.1, 0.15) is 6.10 Å². The minimum absolute atomic E-state index is 0.151. The summed E-state index contributed by atoms with van der Waals surface area (Å²) in [7, 11) is 0. The summed E-state index contributed by atoms with van der Waals surface area (Å²) in [5, 5.41) is 16.4. The average molecular weight is 287 g/mol. The molecule has 0 spiro atoms. The molecular formula is C16H21N3O2. The highest BCUT2D eigenvalue weighted by molar-refractivity contribution is 5.80. The van der Waals surface area contributed by atoms with E-state index in [9.17, 15) is 9.90 Å². The van der Waals surface area contributed by atoms with E-state index in [0.717, 1.165) is 22.6 Å². The van der Waals surface area contributed by atoms with Crippen LogP contribution in [0.3, 0.4) is 0 Å². The number of rotatable bonds is 4. The van der Waals surface area contributed by atoms with Crippen molar-refractivity contribution in [1.29, 1.82) is 0 Å².